The number of aromatic nitrogens is 1. The number of ether oxygens (including phenoxy) is 1. The molecule has 1 rings (SSSR count). The largest absolute Gasteiger partial charge is 0.496 e. The van der Waals surface area contributed by atoms with Gasteiger partial charge in [0.05, 0.1) is 12.8 Å². The highest BCUT2D eigenvalue weighted by Gasteiger charge is 2.19. The summed E-state index contributed by atoms with van der Waals surface area (Å²) >= 11 is 0. The van der Waals surface area contributed by atoms with Gasteiger partial charge in [-0.25, -0.2) is 0 Å². The predicted molar refractivity (Wildman–Crippen MR) is 73.0 cm³/mol. The third kappa shape index (κ3) is 3.09. The molecule has 18 heavy (non-hydrogen) atoms. The van der Waals surface area contributed by atoms with Crippen molar-refractivity contribution in [3.05, 3.63) is 23.0 Å². The Hall–Kier alpha value is -1.38. The second-order valence-corrected chi connectivity index (χ2v) is 5.22. The number of carbonyl (C=O) groups excluding carboxylic acids is 1. The Morgan fingerprint density at radius 3 is 2.44 bits per heavy atom. The molecule has 0 aliphatic carbocycles. The molecule has 0 saturated carbocycles. The maximum atomic E-state index is 12.1. The third-order valence-electron chi connectivity index (χ3n) is 3.60. The van der Waals surface area contributed by atoms with Crippen molar-refractivity contribution in [2.24, 2.45) is 11.8 Å². The van der Waals surface area contributed by atoms with E-state index in [1.54, 1.807) is 13.3 Å². The molecular weight excluding hydrogens is 226 g/mol. The molecule has 0 spiro atoms. The van der Waals surface area contributed by atoms with Gasteiger partial charge in [-0.3, -0.25) is 9.78 Å². The molecule has 0 amide bonds. The maximum absolute atomic E-state index is 12.1. The first-order valence-electron chi connectivity index (χ1n) is 6.40. The maximum Gasteiger partial charge on any atom is 0.141 e. The van der Waals surface area contributed by atoms with Gasteiger partial charge >= 0.3 is 0 Å². The van der Waals surface area contributed by atoms with Crippen LogP contribution in [-0.2, 0) is 11.2 Å². The lowest BCUT2D eigenvalue weighted by Gasteiger charge is -2.16. The molecule has 1 heterocycles. The van der Waals surface area contributed by atoms with Gasteiger partial charge in [-0.1, -0.05) is 20.8 Å². The molecule has 1 aromatic heterocycles. The Bertz CT molecular complexity index is 438. The fourth-order valence-corrected chi connectivity index (χ4v) is 1.95. The molecule has 0 saturated heterocycles. The third-order valence-corrected chi connectivity index (χ3v) is 3.60. The molecule has 3 nitrogen and oxygen atoms in total. The molecule has 0 N–H and O–H groups in total. The number of aryl methyl sites for hydroxylation is 1. The van der Waals surface area contributed by atoms with Crippen molar-refractivity contribution >= 4 is 5.78 Å². The van der Waals surface area contributed by atoms with Gasteiger partial charge in [-0.2, -0.15) is 0 Å². The summed E-state index contributed by atoms with van der Waals surface area (Å²) in [6.45, 7) is 10.0. The summed E-state index contributed by atoms with van der Waals surface area (Å²) in [5.41, 5.74) is 2.81. The SMILES string of the molecule is COc1c(C)cnc(CC(=O)C(C)C(C)C)c1C. The molecule has 1 aromatic rings. The number of carbonyl (C=O) groups is 1. The van der Waals surface area contributed by atoms with Crippen LogP contribution in [0.3, 0.4) is 0 Å². The fourth-order valence-electron chi connectivity index (χ4n) is 1.95. The van der Waals surface area contributed by atoms with Crippen LogP contribution in [0.1, 0.15) is 37.6 Å². The summed E-state index contributed by atoms with van der Waals surface area (Å²) in [6, 6.07) is 0. The minimum atomic E-state index is 0.0681. The van der Waals surface area contributed by atoms with Crippen LogP contribution < -0.4 is 4.74 Å². The zero-order valence-electron chi connectivity index (χ0n) is 12.2. The van der Waals surface area contributed by atoms with Crippen LogP contribution in [0.15, 0.2) is 6.20 Å². The van der Waals surface area contributed by atoms with E-state index in [0.717, 1.165) is 22.6 Å². The molecule has 0 bridgehead atoms. The second-order valence-electron chi connectivity index (χ2n) is 5.22. The monoisotopic (exact) mass is 249 g/mol. The van der Waals surface area contributed by atoms with E-state index in [-0.39, 0.29) is 11.7 Å². The highest BCUT2D eigenvalue weighted by Crippen LogP contribution is 2.25. The molecular formula is C15H23NO2. The van der Waals surface area contributed by atoms with Crippen LogP contribution in [0, 0.1) is 25.7 Å². The van der Waals surface area contributed by atoms with E-state index in [2.05, 4.69) is 18.8 Å². The van der Waals surface area contributed by atoms with Crippen molar-refractivity contribution in [2.75, 3.05) is 7.11 Å². The van der Waals surface area contributed by atoms with Gasteiger partial charge in [0, 0.05) is 29.7 Å². The average molecular weight is 249 g/mol. The summed E-state index contributed by atoms with van der Waals surface area (Å²) in [5, 5.41) is 0. The molecule has 3 heteroatoms. The zero-order valence-corrected chi connectivity index (χ0v) is 12.2. The van der Waals surface area contributed by atoms with Crippen LogP contribution >= 0.6 is 0 Å². The molecule has 0 fully saturated rings. The average Bonchev–Trinajstić information content (AvgIpc) is 2.32. The highest BCUT2D eigenvalue weighted by atomic mass is 16.5. The molecule has 0 aromatic carbocycles. The Balaban J connectivity index is 2.96. The van der Waals surface area contributed by atoms with Crippen molar-refractivity contribution in [2.45, 2.75) is 41.0 Å². The van der Waals surface area contributed by atoms with Crippen molar-refractivity contribution in [3.8, 4) is 5.75 Å². The molecule has 0 aliphatic rings. The Morgan fingerprint density at radius 1 is 1.33 bits per heavy atom. The number of hydrogen-bond acceptors (Lipinski definition) is 3. The molecule has 0 radical (unpaired) electrons. The topological polar surface area (TPSA) is 39.2 Å². The van der Waals surface area contributed by atoms with Crippen LogP contribution in [0.25, 0.3) is 0 Å². The predicted octanol–water partition coefficient (Wildman–Crippen LogP) is 3.11. The number of ketones is 1. The van der Waals surface area contributed by atoms with E-state index in [9.17, 15) is 4.79 Å². The number of rotatable bonds is 5. The van der Waals surface area contributed by atoms with Crippen molar-refractivity contribution in [1.82, 2.24) is 4.98 Å². The van der Waals surface area contributed by atoms with Gasteiger partial charge in [-0.05, 0) is 19.8 Å². The van der Waals surface area contributed by atoms with Gasteiger partial charge in [-0.15, -0.1) is 0 Å². The van der Waals surface area contributed by atoms with Crippen molar-refractivity contribution < 1.29 is 9.53 Å². The zero-order chi connectivity index (χ0) is 13.9. The standard InChI is InChI=1S/C15H23NO2/c1-9(2)11(4)14(17)7-13-12(5)15(18-6)10(3)8-16-13/h8-9,11H,7H2,1-6H3. The first-order valence-corrected chi connectivity index (χ1v) is 6.40. The number of hydrogen-bond donors (Lipinski definition) is 0. The Labute approximate surface area is 110 Å². The summed E-state index contributed by atoms with van der Waals surface area (Å²) in [5.74, 6) is 1.51. The van der Waals surface area contributed by atoms with E-state index >= 15 is 0 Å². The minimum Gasteiger partial charge on any atom is -0.496 e. The summed E-state index contributed by atoms with van der Waals surface area (Å²) in [4.78, 5) is 16.5. The number of nitrogens with zero attached hydrogens (tertiary/aromatic N) is 1. The van der Waals surface area contributed by atoms with Gasteiger partial charge in [0.15, 0.2) is 0 Å². The summed E-state index contributed by atoms with van der Waals surface area (Å²) in [7, 11) is 1.65. The smallest absolute Gasteiger partial charge is 0.141 e. The van der Waals surface area contributed by atoms with Gasteiger partial charge in [0.2, 0.25) is 0 Å². The van der Waals surface area contributed by atoms with Crippen molar-refractivity contribution in [3.63, 3.8) is 0 Å². The molecule has 0 aliphatic heterocycles. The van der Waals surface area contributed by atoms with Crippen LogP contribution in [0.2, 0.25) is 0 Å². The summed E-state index contributed by atoms with van der Waals surface area (Å²) < 4.78 is 5.35. The van der Waals surface area contributed by atoms with Crippen LogP contribution in [0.4, 0.5) is 0 Å². The summed E-state index contributed by atoms with van der Waals surface area (Å²) in [6.07, 6.45) is 2.16. The number of pyridine rings is 1. The van der Waals surface area contributed by atoms with E-state index in [1.165, 1.54) is 0 Å². The van der Waals surface area contributed by atoms with Crippen molar-refractivity contribution in [1.29, 1.82) is 0 Å². The molecule has 100 valence electrons. The van der Waals surface area contributed by atoms with E-state index in [1.807, 2.05) is 20.8 Å². The van der Waals surface area contributed by atoms with Crippen LogP contribution in [-0.4, -0.2) is 17.9 Å². The normalized spacial score (nSPS) is 12.6. The Morgan fingerprint density at radius 2 is 1.94 bits per heavy atom. The van der Waals surface area contributed by atoms with Gasteiger partial charge in [0.1, 0.15) is 11.5 Å². The van der Waals surface area contributed by atoms with E-state index in [0.29, 0.717) is 12.3 Å². The van der Waals surface area contributed by atoms with E-state index in [4.69, 9.17) is 4.74 Å². The van der Waals surface area contributed by atoms with E-state index < -0.39 is 0 Å². The number of Topliss-reactive ketones (excluding diaryl/α,β-unsaturated/α-hetero) is 1. The minimum absolute atomic E-state index is 0.0681. The lowest BCUT2D eigenvalue weighted by atomic mass is 9.90. The van der Waals surface area contributed by atoms with Crippen LogP contribution in [0.5, 0.6) is 5.75 Å². The molecule has 1 atom stereocenters. The number of methoxy groups -OCH3 is 1. The van der Waals surface area contributed by atoms with Gasteiger partial charge < -0.3 is 4.74 Å². The first-order chi connectivity index (χ1) is 8.38. The Kier molecular flexibility index (Phi) is 4.88. The fraction of sp³-hybridized carbons (Fsp3) is 0.600. The van der Waals surface area contributed by atoms with Gasteiger partial charge in [0.25, 0.3) is 0 Å². The lowest BCUT2D eigenvalue weighted by molar-refractivity contribution is -0.122. The highest BCUT2D eigenvalue weighted by molar-refractivity contribution is 5.83. The molecule has 1 unspecified atom stereocenters. The first kappa shape index (κ1) is 14.7. The second kappa shape index (κ2) is 5.98. The lowest BCUT2D eigenvalue weighted by Crippen LogP contribution is -2.20. The quantitative estimate of drug-likeness (QED) is 0.805.